The lowest BCUT2D eigenvalue weighted by molar-refractivity contribution is -0.143. The molecule has 0 spiro atoms. The van der Waals surface area contributed by atoms with Gasteiger partial charge in [0.05, 0.1) is 19.0 Å². The number of carbonyl (C=O) groups excluding carboxylic acids is 13. The molecule has 0 saturated carbocycles. The number of nitrogens with zero attached hydrogens (tertiary/aromatic N) is 1. The maximum absolute atomic E-state index is 14.2. The lowest BCUT2D eigenvalue weighted by Gasteiger charge is -2.30. The fourth-order valence-corrected chi connectivity index (χ4v) is 9.78. The molecule has 1 heterocycles. The number of nitrogens with two attached hydrogens (primary N) is 2. The molecule has 1 fully saturated rings. The summed E-state index contributed by atoms with van der Waals surface area (Å²) in [6.07, 6.45) is -1.39. The number of rotatable bonds is 39. The minimum atomic E-state index is -1.72. The Morgan fingerprint density at radius 2 is 1.03 bits per heavy atom. The molecule has 496 valence electrons. The first kappa shape index (κ1) is 78.4. The van der Waals surface area contributed by atoms with Crippen molar-refractivity contribution >= 4 is 165 Å². The van der Waals surface area contributed by atoms with Gasteiger partial charge in [-0.3, -0.25) is 67.1 Å². The van der Waals surface area contributed by atoms with E-state index in [-0.39, 0.29) is 55.2 Å². The highest BCUT2D eigenvalue weighted by atomic mass is 32.1. The van der Waals surface area contributed by atoms with Crippen LogP contribution in [0.3, 0.4) is 0 Å². The number of likely N-dealkylation sites (tertiary alicyclic amines) is 1. The van der Waals surface area contributed by atoms with Crippen molar-refractivity contribution in [1.82, 2.24) is 63.4 Å². The summed E-state index contributed by atoms with van der Waals surface area (Å²) in [6, 6.07) is -8.50. The Morgan fingerprint density at radius 1 is 0.562 bits per heavy atom. The van der Waals surface area contributed by atoms with Crippen LogP contribution in [0.4, 0.5) is 0 Å². The second-order valence-corrected chi connectivity index (χ2v) is 22.6. The number of primary amides is 1. The topological polar surface area (TPSA) is 484 Å². The first-order chi connectivity index (χ1) is 42.0. The third-order valence-corrected chi connectivity index (χ3v) is 15.9. The maximum atomic E-state index is 14.2. The number of nitrogens with one attached hydrogen (secondary N) is 11. The molecule has 37 heteroatoms. The molecule has 17 N–H and O–H groups in total. The zero-order valence-corrected chi connectivity index (χ0v) is 54.2. The van der Waals surface area contributed by atoms with Crippen LogP contribution in [-0.2, 0) is 78.3 Å². The van der Waals surface area contributed by atoms with Gasteiger partial charge in [0.15, 0.2) is 0 Å². The van der Waals surface area contributed by atoms with Crippen molar-refractivity contribution in [2.24, 2.45) is 17.4 Å². The highest BCUT2D eigenvalue weighted by Gasteiger charge is 2.41. The van der Waals surface area contributed by atoms with Gasteiger partial charge in [-0.15, -0.1) is 0 Å². The summed E-state index contributed by atoms with van der Waals surface area (Å²) in [6.45, 7) is 3.80. The SMILES string of the molecule is CC[C@@H](C)[C@H](NC(=O)[C@H](CCC(=O)O)NC(=O)[C@H](CS)NC(=O)[C@H](N)CS)C(=O)N[C@@H](CS)C(=O)N[C@@H](CS)C(=O)N[C@@H](CC(N)=O)C(=O)N1CCC[C@H]1C(=O)N[C@@H](C)C(=O)N[C@@H](CS)C(=O)N[C@@H](Cc1ccccc1)C(=O)NCC(=O)N[C@@H](CS)C(=O)O. The van der Waals surface area contributed by atoms with Gasteiger partial charge in [0.2, 0.25) is 76.8 Å². The summed E-state index contributed by atoms with van der Waals surface area (Å²) in [7, 11) is 0. The molecule has 1 aliphatic heterocycles. The average Bonchev–Trinajstić information content (AvgIpc) is 2.20. The van der Waals surface area contributed by atoms with Crippen molar-refractivity contribution in [3.05, 3.63) is 35.9 Å². The van der Waals surface area contributed by atoms with Crippen molar-refractivity contribution in [3.63, 3.8) is 0 Å². The van der Waals surface area contributed by atoms with Gasteiger partial charge in [-0.05, 0) is 37.7 Å². The zero-order chi connectivity index (χ0) is 67.2. The number of amides is 13. The lowest BCUT2D eigenvalue weighted by Crippen LogP contribution is -2.62. The Hall–Kier alpha value is -6.67. The number of benzene rings is 1. The van der Waals surface area contributed by atoms with Gasteiger partial charge in [0, 0.05) is 53.9 Å². The molecule has 0 radical (unpaired) electrons. The molecule has 1 saturated heterocycles. The van der Waals surface area contributed by atoms with Crippen LogP contribution in [0.5, 0.6) is 0 Å². The summed E-state index contributed by atoms with van der Waals surface area (Å²) in [5, 5.41) is 45.1. The molecule has 1 aliphatic rings. The van der Waals surface area contributed by atoms with E-state index in [1.807, 2.05) is 0 Å². The third kappa shape index (κ3) is 26.4. The summed E-state index contributed by atoms with van der Waals surface area (Å²) < 4.78 is 0. The number of thiol groups is 6. The van der Waals surface area contributed by atoms with E-state index in [9.17, 15) is 82.1 Å². The fraction of sp³-hybridized carbons (Fsp3) is 0.596. The Morgan fingerprint density at radius 3 is 1.52 bits per heavy atom. The van der Waals surface area contributed by atoms with Crippen LogP contribution >= 0.6 is 75.8 Å². The Bertz CT molecular complexity index is 2690. The molecule has 0 unspecified atom stereocenters. The van der Waals surface area contributed by atoms with E-state index < -0.39 is 204 Å². The number of carbonyl (C=O) groups is 15. The summed E-state index contributed by atoms with van der Waals surface area (Å²) >= 11 is 24.5. The molecule has 2 rings (SSSR count). The molecule has 1 aromatic rings. The van der Waals surface area contributed by atoms with Gasteiger partial charge >= 0.3 is 11.9 Å². The largest absolute Gasteiger partial charge is 0.481 e. The van der Waals surface area contributed by atoms with Crippen LogP contribution in [0.25, 0.3) is 0 Å². The smallest absolute Gasteiger partial charge is 0.327 e. The average molecular weight is 1370 g/mol. The maximum Gasteiger partial charge on any atom is 0.327 e. The minimum Gasteiger partial charge on any atom is -0.481 e. The summed E-state index contributed by atoms with van der Waals surface area (Å²) in [4.78, 5) is 198. The standard InChI is InChI=1S/C52H80N14O17S6/c1-4-24(2)40(65-44(74)28(12-13-39(69)70)58-45(75)32(20-86)62-42(72)27(53)18-84)50(80)64-34(22-88)48(78)63-33(21-87)47(77)60-30(16-37(54)67)51(81)66-14-8-11-36(66)49(79)56-25(3)41(71)61-31(19-85)46(76)59-29(15-26-9-6-5-7-10-26)43(73)55-17-38(68)57-35(23-89)52(82)83/h5-7,9-10,24-25,27-36,40,84-89H,4,8,11-23,53H2,1-3H3,(H2,54,67)(H,55,73)(H,56,79)(H,57,68)(H,58,75)(H,59,76)(H,60,77)(H,61,71)(H,62,72)(H,63,78)(H,64,80)(H,65,74)(H,69,70)(H,82,83)/t24-,25+,27-,28+,29+,30+,31+,32+,33+,34+,35+,36+,40+/m1/s1. The van der Waals surface area contributed by atoms with Crippen LogP contribution < -0.4 is 70.0 Å². The molecule has 1 aromatic carbocycles. The van der Waals surface area contributed by atoms with Gasteiger partial charge in [0.25, 0.3) is 0 Å². The van der Waals surface area contributed by atoms with Gasteiger partial charge in [-0.25, -0.2) is 4.79 Å². The first-order valence-electron chi connectivity index (χ1n) is 27.8. The zero-order valence-electron chi connectivity index (χ0n) is 48.8. The lowest BCUT2D eigenvalue weighted by atomic mass is 9.97. The van der Waals surface area contributed by atoms with Crippen molar-refractivity contribution in [3.8, 4) is 0 Å². The Labute approximate surface area is 546 Å². The third-order valence-electron chi connectivity index (χ3n) is 13.6. The number of carboxylic acid groups (broad SMARTS) is 2. The van der Waals surface area contributed by atoms with Crippen molar-refractivity contribution in [2.75, 3.05) is 47.6 Å². The van der Waals surface area contributed by atoms with E-state index in [4.69, 9.17) is 11.5 Å². The van der Waals surface area contributed by atoms with E-state index in [1.165, 1.54) is 6.92 Å². The van der Waals surface area contributed by atoms with Crippen LogP contribution in [0.2, 0.25) is 0 Å². The normalized spacial score (nSPS) is 16.7. The Balaban J connectivity index is 2.21. The Kier molecular flexibility index (Phi) is 35.4. The molecular weight excluding hydrogens is 1290 g/mol. The number of hydrogen-bond donors (Lipinski definition) is 21. The van der Waals surface area contributed by atoms with Gasteiger partial charge in [-0.1, -0.05) is 50.6 Å². The second kappa shape index (κ2) is 40.2. The van der Waals surface area contributed by atoms with Crippen molar-refractivity contribution in [2.45, 2.75) is 138 Å². The number of carboxylic acids is 2. The van der Waals surface area contributed by atoms with E-state index in [2.05, 4.69) is 134 Å². The monoisotopic (exact) mass is 1360 g/mol. The van der Waals surface area contributed by atoms with Gasteiger partial charge < -0.3 is 85.1 Å². The molecule has 13 amide bonds. The minimum absolute atomic E-state index is 0.0488. The van der Waals surface area contributed by atoms with E-state index in [1.54, 1.807) is 44.2 Å². The van der Waals surface area contributed by atoms with Crippen LogP contribution in [0, 0.1) is 5.92 Å². The molecule has 0 aromatic heterocycles. The number of aliphatic carboxylic acids is 2. The van der Waals surface area contributed by atoms with Crippen molar-refractivity contribution < 1.29 is 82.1 Å². The first-order valence-corrected chi connectivity index (χ1v) is 31.6. The van der Waals surface area contributed by atoms with E-state index in [0.717, 1.165) is 4.90 Å². The summed E-state index contributed by atoms with van der Waals surface area (Å²) in [5.41, 5.74) is 11.8. The predicted octanol–water partition coefficient (Wildman–Crippen LogP) is -6.02. The second-order valence-electron chi connectivity index (χ2n) is 20.4. The van der Waals surface area contributed by atoms with Crippen LogP contribution in [0.1, 0.15) is 64.9 Å². The molecular formula is C52H80N14O17S6. The summed E-state index contributed by atoms with van der Waals surface area (Å²) in [5.74, 6) is -17.1. The van der Waals surface area contributed by atoms with Crippen LogP contribution in [0.15, 0.2) is 30.3 Å². The van der Waals surface area contributed by atoms with Crippen molar-refractivity contribution in [1.29, 1.82) is 0 Å². The van der Waals surface area contributed by atoms with E-state index >= 15 is 0 Å². The van der Waals surface area contributed by atoms with Gasteiger partial charge in [0.1, 0.15) is 66.5 Å². The van der Waals surface area contributed by atoms with E-state index in [0.29, 0.717) is 5.56 Å². The highest BCUT2D eigenvalue weighted by molar-refractivity contribution is 7.81. The highest BCUT2D eigenvalue weighted by Crippen LogP contribution is 2.20. The fourth-order valence-electron chi connectivity index (χ4n) is 8.34. The quantitative estimate of drug-likeness (QED) is 0.0273. The van der Waals surface area contributed by atoms with Gasteiger partial charge in [-0.2, -0.15) is 75.8 Å². The molecule has 89 heavy (non-hydrogen) atoms. The predicted molar refractivity (Wildman–Crippen MR) is 342 cm³/mol. The number of hydrogen-bond acceptors (Lipinski definition) is 22. The molecule has 0 aliphatic carbocycles. The molecule has 0 bridgehead atoms. The molecule has 13 atom stereocenters. The molecule has 31 nitrogen and oxygen atoms in total. The van der Waals surface area contributed by atoms with Crippen LogP contribution in [-0.4, -0.2) is 224 Å².